The Balaban J connectivity index is 1.36. The molecule has 3 aromatic carbocycles. The van der Waals surface area contributed by atoms with Gasteiger partial charge in [0.1, 0.15) is 11.5 Å². The number of para-hydroxylation sites is 1. The molecule has 7 nitrogen and oxygen atoms in total. The highest BCUT2D eigenvalue weighted by Gasteiger charge is 2.11. The summed E-state index contributed by atoms with van der Waals surface area (Å²) >= 11 is 9.22. The van der Waals surface area contributed by atoms with Gasteiger partial charge >= 0.3 is 5.97 Å². The van der Waals surface area contributed by atoms with Gasteiger partial charge < -0.3 is 20.1 Å². The second kappa shape index (κ2) is 12.0. The number of hydrogen-bond donors (Lipinski definition) is 2. The van der Waals surface area contributed by atoms with Crippen LogP contribution in [0.25, 0.3) is 0 Å². The largest absolute Gasteiger partial charge is 0.457 e. The molecular weight excluding hydrogens is 512 g/mol. The Bertz CT molecular complexity index is 1120. The maximum absolute atomic E-state index is 12.1. The average molecular weight is 532 g/mol. The number of esters is 1. The zero-order valence-corrected chi connectivity index (χ0v) is 19.7. The van der Waals surface area contributed by atoms with Crippen LogP contribution in [0.4, 0.5) is 11.4 Å². The summed E-state index contributed by atoms with van der Waals surface area (Å²) in [5, 5.41) is 5.71. The van der Waals surface area contributed by atoms with Crippen molar-refractivity contribution in [2.75, 3.05) is 17.2 Å². The Kier molecular flexibility index (Phi) is 8.86. The molecule has 0 unspecified atom stereocenters. The van der Waals surface area contributed by atoms with E-state index in [-0.39, 0.29) is 18.7 Å². The van der Waals surface area contributed by atoms with E-state index in [2.05, 4.69) is 26.6 Å². The van der Waals surface area contributed by atoms with Crippen molar-refractivity contribution < 1.29 is 23.9 Å². The van der Waals surface area contributed by atoms with Gasteiger partial charge in [0.2, 0.25) is 5.91 Å². The molecule has 0 spiro atoms. The monoisotopic (exact) mass is 530 g/mol. The minimum atomic E-state index is -0.652. The second-order valence-corrected chi connectivity index (χ2v) is 8.09. The van der Waals surface area contributed by atoms with Gasteiger partial charge in [0.25, 0.3) is 5.91 Å². The molecule has 0 bridgehead atoms. The maximum Gasteiger partial charge on any atom is 0.306 e. The number of anilines is 2. The summed E-state index contributed by atoms with van der Waals surface area (Å²) < 4.78 is 11.3. The van der Waals surface area contributed by atoms with Gasteiger partial charge in [-0.05, 0) is 70.5 Å². The molecule has 0 aliphatic rings. The zero-order chi connectivity index (χ0) is 23.6. The maximum atomic E-state index is 12.1. The summed E-state index contributed by atoms with van der Waals surface area (Å²) in [4.78, 5) is 35.8. The van der Waals surface area contributed by atoms with Gasteiger partial charge in [0.15, 0.2) is 6.61 Å². The van der Waals surface area contributed by atoms with Crippen molar-refractivity contribution in [3.63, 3.8) is 0 Å². The van der Waals surface area contributed by atoms with Crippen molar-refractivity contribution in [2.45, 2.75) is 12.8 Å². The van der Waals surface area contributed by atoms with Crippen LogP contribution in [0.1, 0.15) is 12.8 Å². The Labute approximate surface area is 204 Å². The second-order valence-electron chi connectivity index (χ2n) is 6.83. The molecule has 2 amide bonds. The molecule has 0 fully saturated rings. The van der Waals surface area contributed by atoms with Crippen LogP contribution in [0.5, 0.6) is 11.5 Å². The van der Waals surface area contributed by atoms with Crippen LogP contribution in [0.2, 0.25) is 5.02 Å². The minimum Gasteiger partial charge on any atom is -0.457 e. The summed E-state index contributed by atoms with van der Waals surface area (Å²) in [6.45, 7) is -0.461. The Hall–Kier alpha value is -3.36. The summed E-state index contributed by atoms with van der Waals surface area (Å²) in [6, 6.07) is 21.1. The SMILES string of the molecule is O=C(CCC(=O)OCC(=O)Nc1ccc(Br)c(Cl)c1)Nc1ccc(Oc2ccccc2)cc1. The van der Waals surface area contributed by atoms with Crippen molar-refractivity contribution in [3.8, 4) is 11.5 Å². The Morgan fingerprint density at radius 2 is 1.42 bits per heavy atom. The van der Waals surface area contributed by atoms with E-state index in [4.69, 9.17) is 21.1 Å². The van der Waals surface area contributed by atoms with Gasteiger partial charge in [-0.2, -0.15) is 0 Å². The van der Waals surface area contributed by atoms with E-state index in [9.17, 15) is 14.4 Å². The van der Waals surface area contributed by atoms with Crippen molar-refractivity contribution in [3.05, 3.63) is 82.3 Å². The lowest BCUT2D eigenvalue weighted by molar-refractivity contribution is -0.147. The molecule has 0 saturated carbocycles. The summed E-state index contributed by atoms with van der Waals surface area (Å²) in [6.07, 6.45) is -0.233. The quantitative estimate of drug-likeness (QED) is 0.341. The van der Waals surface area contributed by atoms with Gasteiger partial charge in [-0.25, -0.2) is 0 Å². The molecule has 3 aromatic rings. The lowest BCUT2D eigenvalue weighted by atomic mass is 10.2. The lowest BCUT2D eigenvalue weighted by Gasteiger charge is -2.09. The molecule has 170 valence electrons. The van der Waals surface area contributed by atoms with E-state index in [0.29, 0.717) is 32.4 Å². The fourth-order valence-corrected chi connectivity index (χ4v) is 3.09. The molecule has 9 heteroatoms. The van der Waals surface area contributed by atoms with Crippen LogP contribution in [0.3, 0.4) is 0 Å². The third-order valence-corrected chi connectivity index (χ3v) is 5.47. The van der Waals surface area contributed by atoms with E-state index in [1.165, 1.54) is 0 Å². The highest BCUT2D eigenvalue weighted by molar-refractivity contribution is 9.10. The highest BCUT2D eigenvalue weighted by atomic mass is 79.9. The summed E-state index contributed by atoms with van der Waals surface area (Å²) in [5.41, 5.74) is 1.05. The topological polar surface area (TPSA) is 93.7 Å². The summed E-state index contributed by atoms with van der Waals surface area (Å²) in [7, 11) is 0. The van der Waals surface area contributed by atoms with Gasteiger partial charge in [-0.3, -0.25) is 14.4 Å². The molecule has 0 aromatic heterocycles. The molecule has 0 heterocycles. The fourth-order valence-electron chi connectivity index (χ4n) is 2.66. The van der Waals surface area contributed by atoms with Crippen LogP contribution < -0.4 is 15.4 Å². The molecule has 0 saturated heterocycles. The number of halogens is 2. The fraction of sp³-hybridized carbons (Fsp3) is 0.125. The third kappa shape index (κ3) is 8.25. The first-order chi connectivity index (χ1) is 15.9. The van der Waals surface area contributed by atoms with Crippen LogP contribution in [-0.4, -0.2) is 24.4 Å². The first kappa shape index (κ1) is 24.3. The van der Waals surface area contributed by atoms with Crippen molar-refractivity contribution >= 4 is 56.7 Å². The number of rotatable bonds is 9. The van der Waals surface area contributed by atoms with Crippen molar-refractivity contribution in [2.24, 2.45) is 0 Å². The van der Waals surface area contributed by atoms with E-state index < -0.39 is 18.5 Å². The molecule has 0 aliphatic heterocycles. The van der Waals surface area contributed by atoms with Gasteiger partial charge in [0.05, 0.1) is 11.4 Å². The molecule has 0 aliphatic carbocycles. The van der Waals surface area contributed by atoms with Crippen LogP contribution in [0.15, 0.2) is 77.3 Å². The third-order valence-electron chi connectivity index (χ3n) is 4.24. The molecular formula is C24H20BrClN2O5. The van der Waals surface area contributed by atoms with Crippen molar-refractivity contribution in [1.29, 1.82) is 0 Å². The molecule has 3 rings (SSSR count). The number of carbonyl (C=O) groups excluding carboxylic acids is 3. The van der Waals surface area contributed by atoms with Gasteiger partial charge in [0, 0.05) is 22.3 Å². The van der Waals surface area contributed by atoms with E-state index >= 15 is 0 Å². The first-order valence-corrected chi connectivity index (χ1v) is 11.1. The van der Waals surface area contributed by atoms with Gasteiger partial charge in [-0.15, -0.1) is 0 Å². The molecule has 2 N–H and O–H groups in total. The predicted octanol–water partition coefficient (Wildman–Crippen LogP) is 5.80. The Morgan fingerprint density at radius 1 is 0.788 bits per heavy atom. The molecule has 0 atom stereocenters. The number of ether oxygens (including phenoxy) is 2. The number of amides is 2. The number of benzene rings is 3. The Morgan fingerprint density at radius 3 is 2.12 bits per heavy atom. The number of carbonyl (C=O) groups is 3. The van der Waals surface area contributed by atoms with Crippen molar-refractivity contribution in [1.82, 2.24) is 0 Å². The van der Waals surface area contributed by atoms with E-state index in [1.54, 1.807) is 42.5 Å². The number of hydrogen-bond acceptors (Lipinski definition) is 5. The predicted molar refractivity (Wildman–Crippen MR) is 130 cm³/mol. The first-order valence-electron chi connectivity index (χ1n) is 9.92. The van der Waals surface area contributed by atoms with Crippen LogP contribution >= 0.6 is 27.5 Å². The van der Waals surface area contributed by atoms with Gasteiger partial charge in [-0.1, -0.05) is 29.8 Å². The van der Waals surface area contributed by atoms with E-state index in [1.807, 2.05) is 30.3 Å². The summed E-state index contributed by atoms with van der Waals surface area (Å²) in [5.74, 6) is -0.170. The van der Waals surface area contributed by atoms with E-state index in [0.717, 1.165) is 0 Å². The molecule has 0 radical (unpaired) electrons. The van der Waals surface area contributed by atoms with Crippen LogP contribution in [0, 0.1) is 0 Å². The average Bonchev–Trinajstić information content (AvgIpc) is 2.81. The highest BCUT2D eigenvalue weighted by Crippen LogP contribution is 2.25. The van der Waals surface area contributed by atoms with Crippen LogP contribution in [-0.2, 0) is 19.1 Å². The normalized spacial score (nSPS) is 10.2. The number of nitrogens with one attached hydrogen (secondary N) is 2. The smallest absolute Gasteiger partial charge is 0.306 e. The lowest BCUT2D eigenvalue weighted by Crippen LogP contribution is -2.21. The minimum absolute atomic E-state index is 0.0783. The molecule has 33 heavy (non-hydrogen) atoms. The zero-order valence-electron chi connectivity index (χ0n) is 17.3. The standard InChI is InChI=1S/C24H20BrClN2O5/c25-20-11-8-17(14-21(20)26)28-23(30)15-32-24(31)13-12-22(29)27-16-6-9-19(10-7-16)33-18-4-2-1-3-5-18/h1-11,14H,12-13,15H2,(H,27,29)(H,28,30).